The number of hydrogen-bond acceptors (Lipinski definition) is 1. The number of benzene rings is 1. The lowest BCUT2D eigenvalue weighted by Crippen LogP contribution is -2.07. The van der Waals surface area contributed by atoms with Gasteiger partial charge in [0, 0.05) is 16.6 Å². The van der Waals surface area contributed by atoms with Gasteiger partial charge in [-0.3, -0.25) is 0 Å². The van der Waals surface area contributed by atoms with Gasteiger partial charge < -0.3 is 10.1 Å². The molecule has 90 valence electrons. The topological polar surface area (TPSA) is 36.0 Å². The molecule has 17 heavy (non-hydrogen) atoms. The predicted octanol–water partition coefficient (Wildman–Crippen LogP) is 3.66. The third-order valence-electron chi connectivity index (χ3n) is 3.87. The van der Waals surface area contributed by atoms with Crippen LogP contribution in [0.5, 0.6) is 0 Å². The first kappa shape index (κ1) is 10.8. The second-order valence-corrected chi connectivity index (χ2v) is 5.38. The summed E-state index contributed by atoms with van der Waals surface area (Å²) in [6.07, 6.45) is 2.77. The van der Waals surface area contributed by atoms with Crippen molar-refractivity contribution in [3.63, 3.8) is 0 Å². The summed E-state index contributed by atoms with van der Waals surface area (Å²) >= 11 is 0. The molecule has 1 atom stereocenters. The molecule has 1 aliphatic rings. The first-order valence-corrected chi connectivity index (χ1v) is 6.49. The molecule has 0 fully saturated rings. The Morgan fingerprint density at radius 1 is 1.35 bits per heavy atom. The molecule has 1 unspecified atom stereocenters. The molecule has 2 heteroatoms. The molecule has 0 radical (unpaired) electrons. The zero-order chi connectivity index (χ0) is 12.0. The summed E-state index contributed by atoms with van der Waals surface area (Å²) in [4.78, 5) is 3.38. The van der Waals surface area contributed by atoms with Gasteiger partial charge in [0.1, 0.15) is 0 Å². The number of nitrogens with one attached hydrogen (secondary N) is 1. The van der Waals surface area contributed by atoms with Crippen molar-refractivity contribution in [2.24, 2.45) is 0 Å². The van der Waals surface area contributed by atoms with Gasteiger partial charge in [-0.05, 0) is 48.4 Å². The van der Waals surface area contributed by atoms with Gasteiger partial charge in [0.05, 0.1) is 6.10 Å². The van der Waals surface area contributed by atoms with E-state index in [1.807, 2.05) is 0 Å². The normalized spacial score (nSPS) is 19.9. The van der Waals surface area contributed by atoms with Gasteiger partial charge in [0.2, 0.25) is 0 Å². The monoisotopic (exact) mass is 229 g/mol. The van der Waals surface area contributed by atoms with Gasteiger partial charge in [-0.25, -0.2) is 0 Å². The third-order valence-corrected chi connectivity index (χ3v) is 3.87. The second-order valence-electron chi connectivity index (χ2n) is 5.38. The van der Waals surface area contributed by atoms with Crippen LogP contribution < -0.4 is 0 Å². The Balaban J connectivity index is 2.22. The van der Waals surface area contributed by atoms with Crippen molar-refractivity contribution in [1.29, 1.82) is 0 Å². The summed E-state index contributed by atoms with van der Waals surface area (Å²) in [6, 6.07) is 6.62. The van der Waals surface area contributed by atoms with Gasteiger partial charge in [0.15, 0.2) is 0 Å². The summed E-state index contributed by atoms with van der Waals surface area (Å²) in [6.45, 7) is 4.43. The van der Waals surface area contributed by atoms with E-state index in [0.717, 1.165) is 25.0 Å². The maximum absolute atomic E-state index is 10.0. The summed E-state index contributed by atoms with van der Waals surface area (Å²) in [5, 5.41) is 11.3. The number of fused-ring (bicyclic) bond motifs is 3. The van der Waals surface area contributed by atoms with E-state index in [4.69, 9.17) is 0 Å². The van der Waals surface area contributed by atoms with Crippen LogP contribution in [0, 0.1) is 0 Å². The number of aryl methyl sites for hydroxylation is 1. The van der Waals surface area contributed by atoms with Crippen molar-refractivity contribution in [1.82, 2.24) is 4.98 Å². The summed E-state index contributed by atoms with van der Waals surface area (Å²) < 4.78 is 0. The minimum absolute atomic E-state index is 0.298. The summed E-state index contributed by atoms with van der Waals surface area (Å²) in [5.74, 6) is 0.554. The van der Waals surface area contributed by atoms with Gasteiger partial charge in [-0.2, -0.15) is 0 Å². The zero-order valence-corrected chi connectivity index (χ0v) is 10.5. The molecule has 0 saturated heterocycles. The first-order valence-electron chi connectivity index (χ1n) is 6.49. The van der Waals surface area contributed by atoms with E-state index in [9.17, 15) is 5.11 Å². The highest BCUT2D eigenvalue weighted by atomic mass is 16.3. The smallest absolute Gasteiger partial charge is 0.0941 e. The van der Waals surface area contributed by atoms with E-state index >= 15 is 0 Å². The van der Waals surface area contributed by atoms with Gasteiger partial charge in [-0.1, -0.05) is 19.9 Å². The number of aromatic nitrogens is 1. The van der Waals surface area contributed by atoms with E-state index in [2.05, 4.69) is 37.0 Å². The Hall–Kier alpha value is -1.28. The van der Waals surface area contributed by atoms with Crippen molar-refractivity contribution in [2.45, 2.75) is 45.1 Å². The molecule has 2 nitrogen and oxygen atoms in total. The van der Waals surface area contributed by atoms with Gasteiger partial charge in [-0.15, -0.1) is 0 Å². The summed E-state index contributed by atoms with van der Waals surface area (Å²) in [5.41, 5.74) is 4.92. The van der Waals surface area contributed by atoms with Crippen molar-refractivity contribution < 1.29 is 5.11 Å². The number of H-pyrrole nitrogens is 1. The lowest BCUT2D eigenvalue weighted by atomic mass is 9.92. The molecule has 0 saturated carbocycles. The predicted molar refractivity (Wildman–Crippen MR) is 70.3 cm³/mol. The highest BCUT2D eigenvalue weighted by Gasteiger charge is 2.22. The zero-order valence-electron chi connectivity index (χ0n) is 10.5. The molecule has 1 heterocycles. The molecule has 1 aromatic heterocycles. The minimum Gasteiger partial charge on any atom is -0.387 e. The lowest BCUT2D eigenvalue weighted by molar-refractivity contribution is 0.153. The molecule has 0 bridgehead atoms. The SMILES string of the molecule is CC(C)c1ccc2[nH]c3c(c2c1)CCCC3O. The van der Waals surface area contributed by atoms with E-state index in [1.165, 1.54) is 22.0 Å². The molecule has 3 rings (SSSR count). The molecule has 2 aromatic rings. The van der Waals surface area contributed by atoms with E-state index in [0.29, 0.717) is 5.92 Å². The quantitative estimate of drug-likeness (QED) is 0.769. The summed E-state index contributed by atoms with van der Waals surface area (Å²) in [7, 11) is 0. The van der Waals surface area contributed by atoms with Crippen LogP contribution in [0.2, 0.25) is 0 Å². The standard InChI is InChI=1S/C15H19NO/c1-9(2)10-6-7-13-12(8-10)11-4-3-5-14(17)15(11)16-13/h6-9,14,16-17H,3-5H2,1-2H3. The van der Waals surface area contributed by atoms with Crippen LogP contribution in [0.25, 0.3) is 10.9 Å². The van der Waals surface area contributed by atoms with Crippen LogP contribution >= 0.6 is 0 Å². The molecule has 0 spiro atoms. The van der Waals surface area contributed by atoms with E-state index in [1.54, 1.807) is 0 Å². The lowest BCUT2D eigenvalue weighted by Gasteiger charge is -2.17. The minimum atomic E-state index is -0.298. The number of hydrogen-bond donors (Lipinski definition) is 2. The number of rotatable bonds is 1. The van der Waals surface area contributed by atoms with Crippen LogP contribution in [-0.4, -0.2) is 10.1 Å². The molecule has 2 N–H and O–H groups in total. The number of aliphatic hydroxyl groups is 1. The highest BCUT2D eigenvalue weighted by Crippen LogP contribution is 2.35. The van der Waals surface area contributed by atoms with Crippen LogP contribution in [0.4, 0.5) is 0 Å². The fourth-order valence-corrected chi connectivity index (χ4v) is 2.82. The second kappa shape index (κ2) is 3.88. The fraction of sp³-hybridized carbons (Fsp3) is 0.467. The Morgan fingerprint density at radius 2 is 2.18 bits per heavy atom. The van der Waals surface area contributed by atoms with E-state index in [-0.39, 0.29) is 6.10 Å². The van der Waals surface area contributed by atoms with Crippen LogP contribution in [0.15, 0.2) is 18.2 Å². The first-order chi connectivity index (χ1) is 8.16. The average Bonchev–Trinajstić information content (AvgIpc) is 2.68. The maximum Gasteiger partial charge on any atom is 0.0941 e. The Bertz CT molecular complexity index is 553. The molecule has 1 aromatic carbocycles. The van der Waals surface area contributed by atoms with Gasteiger partial charge >= 0.3 is 0 Å². The average molecular weight is 229 g/mol. The number of aromatic amines is 1. The molecule has 0 amide bonds. The highest BCUT2D eigenvalue weighted by molar-refractivity contribution is 5.85. The Labute approximate surface area is 102 Å². The molecule has 1 aliphatic carbocycles. The largest absolute Gasteiger partial charge is 0.387 e. The fourth-order valence-electron chi connectivity index (χ4n) is 2.82. The van der Waals surface area contributed by atoms with Crippen LogP contribution in [-0.2, 0) is 6.42 Å². The van der Waals surface area contributed by atoms with Crippen molar-refractivity contribution in [2.75, 3.05) is 0 Å². The Kier molecular flexibility index (Phi) is 2.48. The van der Waals surface area contributed by atoms with Crippen LogP contribution in [0.1, 0.15) is 55.5 Å². The maximum atomic E-state index is 10.0. The molecular weight excluding hydrogens is 210 g/mol. The number of aliphatic hydroxyl groups excluding tert-OH is 1. The van der Waals surface area contributed by atoms with Crippen LogP contribution in [0.3, 0.4) is 0 Å². The van der Waals surface area contributed by atoms with Crippen molar-refractivity contribution in [3.8, 4) is 0 Å². The third kappa shape index (κ3) is 1.67. The Morgan fingerprint density at radius 3 is 2.94 bits per heavy atom. The van der Waals surface area contributed by atoms with E-state index < -0.39 is 0 Å². The van der Waals surface area contributed by atoms with Crippen molar-refractivity contribution in [3.05, 3.63) is 35.0 Å². The molecular formula is C15H19NO. The molecule has 0 aliphatic heterocycles. The van der Waals surface area contributed by atoms with Crippen molar-refractivity contribution >= 4 is 10.9 Å². The van der Waals surface area contributed by atoms with Gasteiger partial charge in [0.25, 0.3) is 0 Å².